The van der Waals surface area contributed by atoms with Gasteiger partial charge in [0.2, 0.25) is 0 Å². The van der Waals surface area contributed by atoms with E-state index >= 15 is 0 Å². The minimum absolute atomic E-state index is 0.189. The van der Waals surface area contributed by atoms with Crippen LogP contribution in [0, 0.1) is 0 Å². The lowest BCUT2D eigenvalue weighted by Gasteiger charge is -2.34. The summed E-state index contributed by atoms with van der Waals surface area (Å²) < 4.78 is 0. The molecule has 0 bridgehead atoms. The average Bonchev–Trinajstić information content (AvgIpc) is 3.02. The van der Waals surface area contributed by atoms with Crippen LogP contribution < -0.4 is 5.32 Å². The topological polar surface area (TPSA) is 32.3 Å². The summed E-state index contributed by atoms with van der Waals surface area (Å²) in [5.41, 5.74) is 0.858. The number of hydrogen-bond acceptors (Lipinski definition) is 3. The van der Waals surface area contributed by atoms with Crippen LogP contribution in [0.1, 0.15) is 44.0 Å². The van der Waals surface area contributed by atoms with Crippen LogP contribution in [0.15, 0.2) is 29.2 Å². The third kappa shape index (κ3) is 3.80. The molecule has 1 saturated heterocycles. The normalized spacial score (nSPS) is 19.5. The van der Waals surface area contributed by atoms with Crippen LogP contribution in [-0.4, -0.2) is 41.7 Å². The Kier molecular flexibility index (Phi) is 6.12. The van der Waals surface area contributed by atoms with Gasteiger partial charge in [-0.15, -0.1) is 11.8 Å². The Morgan fingerprint density at radius 3 is 2.81 bits per heavy atom. The minimum Gasteiger partial charge on any atom is -0.332 e. The van der Waals surface area contributed by atoms with Crippen molar-refractivity contribution in [2.24, 2.45) is 0 Å². The number of hydrogen-bond donors (Lipinski definition) is 1. The van der Waals surface area contributed by atoms with Crippen molar-refractivity contribution >= 4 is 17.7 Å². The maximum Gasteiger partial charge on any atom is 0.255 e. The Morgan fingerprint density at radius 2 is 2.19 bits per heavy atom. The van der Waals surface area contributed by atoms with Gasteiger partial charge in [0.25, 0.3) is 5.91 Å². The van der Waals surface area contributed by atoms with Gasteiger partial charge in [0, 0.05) is 23.5 Å². The smallest absolute Gasteiger partial charge is 0.255 e. The second kappa shape index (κ2) is 7.85. The van der Waals surface area contributed by atoms with Crippen LogP contribution in [0.4, 0.5) is 0 Å². The first kappa shape index (κ1) is 16.4. The third-order valence-electron chi connectivity index (χ3n) is 4.15. The molecule has 1 aromatic carbocycles. The van der Waals surface area contributed by atoms with E-state index in [-0.39, 0.29) is 11.9 Å². The monoisotopic (exact) mass is 306 g/mol. The van der Waals surface area contributed by atoms with E-state index < -0.39 is 0 Å². The Morgan fingerprint density at radius 1 is 1.43 bits per heavy atom. The molecule has 2 rings (SSSR count). The number of nitrogens with one attached hydrogen (secondary N) is 1. The summed E-state index contributed by atoms with van der Waals surface area (Å²) in [6.45, 7) is 8.36. The molecular formula is C17H26N2OS. The van der Waals surface area contributed by atoms with Gasteiger partial charge in [0.05, 0.1) is 5.56 Å². The van der Waals surface area contributed by atoms with Crippen molar-refractivity contribution in [3.05, 3.63) is 29.8 Å². The summed E-state index contributed by atoms with van der Waals surface area (Å²) >= 11 is 1.75. The van der Waals surface area contributed by atoms with E-state index in [0.29, 0.717) is 6.04 Å². The van der Waals surface area contributed by atoms with E-state index in [1.807, 2.05) is 18.2 Å². The summed E-state index contributed by atoms with van der Waals surface area (Å²) in [5, 5.41) is 3.38. The predicted molar refractivity (Wildman–Crippen MR) is 90.0 cm³/mol. The van der Waals surface area contributed by atoms with Crippen molar-refractivity contribution in [2.45, 2.75) is 50.6 Å². The van der Waals surface area contributed by atoms with Crippen LogP contribution in [0.3, 0.4) is 0 Å². The van der Waals surface area contributed by atoms with E-state index in [9.17, 15) is 4.79 Å². The first-order valence-corrected chi connectivity index (χ1v) is 8.92. The molecule has 21 heavy (non-hydrogen) atoms. The second-order valence-corrected chi connectivity index (χ2v) is 6.85. The summed E-state index contributed by atoms with van der Waals surface area (Å²) in [7, 11) is 0. The molecule has 1 aliphatic heterocycles. The van der Waals surface area contributed by atoms with Gasteiger partial charge in [0.15, 0.2) is 0 Å². The lowest BCUT2D eigenvalue weighted by molar-refractivity contribution is 0.0600. The zero-order valence-corrected chi connectivity index (χ0v) is 14.1. The van der Waals surface area contributed by atoms with Gasteiger partial charge in [-0.3, -0.25) is 4.79 Å². The van der Waals surface area contributed by atoms with Crippen molar-refractivity contribution in [3.63, 3.8) is 0 Å². The van der Waals surface area contributed by atoms with E-state index in [1.165, 1.54) is 0 Å². The first-order valence-electron chi connectivity index (χ1n) is 7.94. The molecule has 4 heteroatoms. The van der Waals surface area contributed by atoms with Gasteiger partial charge in [-0.25, -0.2) is 0 Å². The van der Waals surface area contributed by atoms with E-state index in [2.05, 4.69) is 37.1 Å². The van der Waals surface area contributed by atoms with E-state index in [1.54, 1.807) is 11.8 Å². The number of carbonyl (C=O) groups excluding carboxylic acids is 1. The molecule has 3 nitrogen and oxygen atoms in total. The zero-order valence-electron chi connectivity index (χ0n) is 13.3. The standard InChI is InChI=1S/C17H26N2OS/c1-4-13(3)19(14-10-11-18-12-14)17(20)15-8-6-7-9-16(15)21-5-2/h6-9,13-14,18H,4-5,10-12H2,1-3H3. The molecule has 0 aromatic heterocycles. The molecule has 116 valence electrons. The quantitative estimate of drug-likeness (QED) is 0.818. The summed E-state index contributed by atoms with van der Waals surface area (Å²) in [5.74, 6) is 1.17. The fraction of sp³-hybridized carbons (Fsp3) is 0.588. The SMILES string of the molecule is CCSc1ccccc1C(=O)N(C(C)CC)C1CCNC1. The molecule has 1 heterocycles. The van der Waals surface area contributed by atoms with Gasteiger partial charge >= 0.3 is 0 Å². The van der Waals surface area contributed by atoms with Gasteiger partial charge in [0.1, 0.15) is 0 Å². The highest BCUT2D eigenvalue weighted by Gasteiger charge is 2.31. The average molecular weight is 306 g/mol. The molecule has 1 aliphatic rings. The lowest BCUT2D eigenvalue weighted by Crippen LogP contribution is -2.47. The van der Waals surface area contributed by atoms with Crippen molar-refractivity contribution in [1.82, 2.24) is 10.2 Å². The van der Waals surface area contributed by atoms with Gasteiger partial charge in [-0.1, -0.05) is 26.0 Å². The molecular weight excluding hydrogens is 280 g/mol. The minimum atomic E-state index is 0.189. The van der Waals surface area contributed by atoms with E-state index in [0.717, 1.165) is 42.1 Å². The third-order valence-corrected chi connectivity index (χ3v) is 5.10. The molecule has 1 amide bonds. The zero-order chi connectivity index (χ0) is 15.2. The molecule has 2 atom stereocenters. The first-order chi connectivity index (χ1) is 10.2. The molecule has 1 fully saturated rings. The maximum absolute atomic E-state index is 13.1. The molecule has 0 aliphatic carbocycles. The highest BCUT2D eigenvalue weighted by Crippen LogP contribution is 2.26. The highest BCUT2D eigenvalue weighted by molar-refractivity contribution is 7.99. The van der Waals surface area contributed by atoms with Gasteiger partial charge < -0.3 is 10.2 Å². The predicted octanol–water partition coefficient (Wildman–Crippen LogP) is 3.40. The number of nitrogens with zero attached hydrogens (tertiary/aromatic N) is 1. The number of amides is 1. The Labute approximate surface area is 132 Å². The summed E-state index contributed by atoms with van der Waals surface area (Å²) in [4.78, 5) is 16.3. The number of benzene rings is 1. The summed E-state index contributed by atoms with van der Waals surface area (Å²) in [6, 6.07) is 8.61. The van der Waals surface area contributed by atoms with Crippen molar-refractivity contribution in [1.29, 1.82) is 0 Å². The van der Waals surface area contributed by atoms with Gasteiger partial charge in [-0.05, 0) is 44.2 Å². The fourth-order valence-electron chi connectivity index (χ4n) is 2.86. The molecule has 0 radical (unpaired) electrons. The van der Waals surface area contributed by atoms with Gasteiger partial charge in [-0.2, -0.15) is 0 Å². The van der Waals surface area contributed by atoms with Crippen LogP contribution in [0.5, 0.6) is 0 Å². The van der Waals surface area contributed by atoms with Crippen LogP contribution >= 0.6 is 11.8 Å². The Hall–Kier alpha value is -1.00. The van der Waals surface area contributed by atoms with Crippen molar-refractivity contribution in [3.8, 4) is 0 Å². The number of thioether (sulfide) groups is 1. The highest BCUT2D eigenvalue weighted by atomic mass is 32.2. The Bertz CT molecular complexity index is 472. The molecule has 2 unspecified atom stereocenters. The number of carbonyl (C=O) groups is 1. The molecule has 0 spiro atoms. The largest absolute Gasteiger partial charge is 0.332 e. The second-order valence-electron chi connectivity index (χ2n) is 5.55. The lowest BCUT2D eigenvalue weighted by atomic mass is 10.1. The summed E-state index contributed by atoms with van der Waals surface area (Å²) in [6.07, 6.45) is 2.05. The molecule has 1 N–H and O–H groups in total. The maximum atomic E-state index is 13.1. The van der Waals surface area contributed by atoms with Crippen molar-refractivity contribution in [2.75, 3.05) is 18.8 Å². The molecule has 1 aromatic rings. The van der Waals surface area contributed by atoms with Crippen LogP contribution in [0.25, 0.3) is 0 Å². The van der Waals surface area contributed by atoms with E-state index in [4.69, 9.17) is 0 Å². The fourth-order valence-corrected chi connectivity index (χ4v) is 3.66. The van der Waals surface area contributed by atoms with Crippen LogP contribution in [-0.2, 0) is 0 Å². The Balaban J connectivity index is 2.29. The van der Waals surface area contributed by atoms with Crippen molar-refractivity contribution < 1.29 is 4.79 Å². The number of rotatable bonds is 6. The van der Waals surface area contributed by atoms with Crippen LogP contribution in [0.2, 0.25) is 0 Å². The molecule has 0 saturated carbocycles.